The Morgan fingerprint density at radius 1 is 1.11 bits per heavy atom. The number of amides is 2. The summed E-state index contributed by atoms with van der Waals surface area (Å²) in [5.74, 6) is -0.409. The van der Waals surface area contributed by atoms with Gasteiger partial charge in [-0.2, -0.15) is 0 Å². The molecule has 27 heavy (non-hydrogen) atoms. The SMILES string of the molecule is CS(=O)(=O)CCC(NC(=O)OCc1ccccc1)C(=O)N1CCCCCC1. The zero-order valence-electron chi connectivity index (χ0n) is 15.7. The Kier molecular flexibility index (Phi) is 8.09. The molecule has 0 saturated carbocycles. The average Bonchev–Trinajstić information content (AvgIpc) is 2.92. The molecule has 1 aromatic carbocycles. The van der Waals surface area contributed by atoms with E-state index in [1.807, 2.05) is 30.3 Å². The predicted molar refractivity (Wildman–Crippen MR) is 103 cm³/mol. The van der Waals surface area contributed by atoms with E-state index >= 15 is 0 Å². The monoisotopic (exact) mass is 396 g/mol. The van der Waals surface area contributed by atoms with Crippen LogP contribution in [-0.2, 0) is 26.0 Å². The summed E-state index contributed by atoms with van der Waals surface area (Å²) in [5.41, 5.74) is 0.833. The molecular formula is C19H28N2O5S. The Hall–Kier alpha value is -2.09. The lowest BCUT2D eigenvalue weighted by molar-refractivity contribution is -0.133. The second-order valence-corrected chi connectivity index (χ2v) is 9.18. The van der Waals surface area contributed by atoms with Crippen molar-refractivity contribution in [1.82, 2.24) is 10.2 Å². The molecule has 1 aliphatic heterocycles. The average molecular weight is 397 g/mol. The van der Waals surface area contributed by atoms with Gasteiger partial charge in [0, 0.05) is 19.3 Å². The van der Waals surface area contributed by atoms with E-state index < -0.39 is 22.0 Å². The number of rotatable bonds is 7. The van der Waals surface area contributed by atoms with Crippen LogP contribution in [0, 0.1) is 0 Å². The van der Waals surface area contributed by atoms with E-state index in [4.69, 9.17) is 4.74 Å². The molecule has 0 radical (unpaired) electrons. The number of nitrogens with zero attached hydrogens (tertiary/aromatic N) is 1. The van der Waals surface area contributed by atoms with Crippen LogP contribution in [0.2, 0.25) is 0 Å². The summed E-state index contributed by atoms with van der Waals surface area (Å²) in [7, 11) is -3.24. The van der Waals surface area contributed by atoms with Crippen LogP contribution in [-0.4, -0.2) is 56.5 Å². The van der Waals surface area contributed by atoms with E-state index in [2.05, 4.69) is 5.32 Å². The number of sulfone groups is 1. The molecule has 8 heteroatoms. The molecule has 0 aliphatic carbocycles. The summed E-state index contributed by atoms with van der Waals surface area (Å²) < 4.78 is 28.2. The zero-order chi connectivity index (χ0) is 19.7. The topological polar surface area (TPSA) is 92.8 Å². The highest BCUT2D eigenvalue weighted by Gasteiger charge is 2.27. The quantitative estimate of drug-likeness (QED) is 0.762. The van der Waals surface area contributed by atoms with E-state index in [1.54, 1.807) is 4.90 Å². The molecule has 1 atom stereocenters. The van der Waals surface area contributed by atoms with Gasteiger partial charge < -0.3 is 15.0 Å². The Morgan fingerprint density at radius 3 is 2.33 bits per heavy atom. The van der Waals surface area contributed by atoms with Gasteiger partial charge in [-0.15, -0.1) is 0 Å². The fraction of sp³-hybridized carbons (Fsp3) is 0.579. The molecule has 2 rings (SSSR count). The van der Waals surface area contributed by atoms with Crippen LogP contribution in [0.15, 0.2) is 30.3 Å². The number of benzene rings is 1. The normalized spacial score (nSPS) is 16.3. The molecular weight excluding hydrogens is 368 g/mol. The van der Waals surface area contributed by atoms with Gasteiger partial charge in [0.1, 0.15) is 22.5 Å². The van der Waals surface area contributed by atoms with Crippen LogP contribution in [0.25, 0.3) is 0 Å². The van der Waals surface area contributed by atoms with Crippen molar-refractivity contribution in [3.8, 4) is 0 Å². The summed E-state index contributed by atoms with van der Waals surface area (Å²) >= 11 is 0. The van der Waals surface area contributed by atoms with Gasteiger partial charge in [0.2, 0.25) is 5.91 Å². The van der Waals surface area contributed by atoms with Gasteiger partial charge in [0.15, 0.2) is 0 Å². The number of ether oxygens (including phenoxy) is 1. The highest BCUT2D eigenvalue weighted by Crippen LogP contribution is 2.12. The summed E-state index contributed by atoms with van der Waals surface area (Å²) in [6.07, 6.45) is 4.42. The fourth-order valence-corrected chi connectivity index (χ4v) is 3.67. The van der Waals surface area contributed by atoms with Crippen LogP contribution in [0.5, 0.6) is 0 Å². The molecule has 0 spiro atoms. The maximum Gasteiger partial charge on any atom is 0.408 e. The van der Waals surface area contributed by atoms with Gasteiger partial charge in [-0.05, 0) is 24.8 Å². The van der Waals surface area contributed by atoms with Gasteiger partial charge in [0.25, 0.3) is 0 Å². The molecule has 1 saturated heterocycles. The van der Waals surface area contributed by atoms with Crippen molar-refractivity contribution in [2.24, 2.45) is 0 Å². The molecule has 7 nitrogen and oxygen atoms in total. The molecule has 0 aromatic heterocycles. The first kappa shape index (κ1) is 21.2. The maximum absolute atomic E-state index is 12.8. The third-order valence-corrected chi connectivity index (χ3v) is 5.48. The first-order valence-electron chi connectivity index (χ1n) is 9.29. The number of alkyl carbamates (subject to hydrolysis) is 1. The number of carbonyl (C=O) groups excluding carboxylic acids is 2. The Balaban J connectivity index is 1.97. The van der Waals surface area contributed by atoms with E-state index in [1.165, 1.54) is 0 Å². The maximum atomic E-state index is 12.8. The van der Waals surface area contributed by atoms with Crippen LogP contribution in [0.4, 0.5) is 4.79 Å². The van der Waals surface area contributed by atoms with Crippen molar-refractivity contribution in [1.29, 1.82) is 0 Å². The van der Waals surface area contributed by atoms with Crippen molar-refractivity contribution < 1.29 is 22.7 Å². The van der Waals surface area contributed by atoms with Crippen LogP contribution in [0.1, 0.15) is 37.7 Å². The van der Waals surface area contributed by atoms with Crippen molar-refractivity contribution in [2.75, 3.05) is 25.1 Å². The Morgan fingerprint density at radius 2 is 1.74 bits per heavy atom. The second-order valence-electron chi connectivity index (χ2n) is 6.92. The van der Waals surface area contributed by atoms with Crippen molar-refractivity contribution in [3.63, 3.8) is 0 Å². The highest BCUT2D eigenvalue weighted by molar-refractivity contribution is 7.90. The van der Waals surface area contributed by atoms with Crippen molar-refractivity contribution in [3.05, 3.63) is 35.9 Å². The molecule has 1 heterocycles. The fourth-order valence-electron chi connectivity index (χ4n) is 3.01. The smallest absolute Gasteiger partial charge is 0.408 e. The summed E-state index contributed by atoms with van der Waals surface area (Å²) in [5, 5.41) is 2.56. The molecule has 0 bridgehead atoms. The van der Waals surface area contributed by atoms with E-state index in [-0.39, 0.29) is 24.7 Å². The third kappa shape index (κ3) is 7.99. The lowest BCUT2D eigenvalue weighted by Gasteiger charge is -2.26. The third-order valence-electron chi connectivity index (χ3n) is 4.50. The number of hydrogen-bond donors (Lipinski definition) is 1. The molecule has 2 amide bonds. The van der Waals surface area contributed by atoms with E-state index in [9.17, 15) is 18.0 Å². The number of likely N-dealkylation sites (tertiary alicyclic amines) is 1. The first-order chi connectivity index (χ1) is 12.8. The van der Waals surface area contributed by atoms with Crippen molar-refractivity contribution in [2.45, 2.75) is 44.8 Å². The largest absolute Gasteiger partial charge is 0.445 e. The lowest BCUT2D eigenvalue weighted by Crippen LogP contribution is -2.49. The number of nitrogens with one attached hydrogen (secondary N) is 1. The molecule has 1 unspecified atom stereocenters. The van der Waals surface area contributed by atoms with Gasteiger partial charge in [-0.1, -0.05) is 43.2 Å². The zero-order valence-corrected chi connectivity index (χ0v) is 16.5. The van der Waals surface area contributed by atoms with Gasteiger partial charge in [-0.25, -0.2) is 13.2 Å². The summed E-state index contributed by atoms with van der Waals surface area (Å²) in [4.78, 5) is 26.7. The van der Waals surface area contributed by atoms with E-state index in [0.717, 1.165) is 37.5 Å². The van der Waals surface area contributed by atoms with Gasteiger partial charge >= 0.3 is 6.09 Å². The minimum absolute atomic E-state index is 0.0363. The highest BCUT2D eigenvalue weighted by atomic mass is 32.2. The molecule has 1 aliphatic rings. The number of carbonyl (C=O) groups is 2. The van der Waals surface area contributed by atoms with Gasteiger partial charge in [-0.3, -0.25) is 4.79 Å². The molecule has 1 aromatic rings. The molecule has 1 fully saturated rings. The summed E-state index contributed by atoms with van der Waals surface area (Å²) in [6.45, 7) is 1.35. The minimum Gasteiger partial charge on any atom is -0.445 e. The Labute approximate surface area is 161 Å². The van der Waals surface area contributed by atoms with Crippen LogP contribution in [0.3, 0.4) is 0 Å². The second kappa shape index (κ2) is 10.3. The van der Waals surface area contributed by atoms with Crippen LogP contribution >= 0.6 is 0 Å². The standard InChI is InChI=1S/C19H28N2O5S/c1-27(24,25)14-11-17(18(22)21-12-7-2-3-8-13-21)20-19(23)26-15-16-9-5-4-6-10-16/h4-6,9-10,17H,2-3,7-8,11-15H2,1H3,(H,20,23). The predicted octanol–water partition coefficient (Wildman–Crippen LogP) is 2.12. The minimum atomic E-state index is -3.24. The lowest BCUT2D eigenvalue weighted by atomic mass is 10.2. The summed E-state index contributed by atoms with van der Waals surface area (Å²) in [6, 6.07) is 8.31. The molecule has 150 valence electrons. The Bertz CT molecular complexity index is 713. The van der Waals surface area contributed by atoms with Crippen LogP contribution < -0.4 is 5.32 Å². The molecule has 1 N–H and O–H groups in total. The number of hydrogen-bond acceptors (Lipinski definition) is 5. The first-order valence-corrected chi connectivity index (χ1v) is 11.3. The van der Waals surface area contributed by atoms with Crippen molar-refractivity contribution >= 4 is 21.8 Å². The van der Waals surface area contributed by atoms with E-state index in [0.29, 0.717) is 13.1 Å². The van der Waals surface area contributed by atoms with Gasteiger partial charge in [0.05, 0.1) is 5.75 Å².